The Kier molecular flexibility index (Phi) is 3.23. The lowest BCUT2D eigenvalue weighted by atomic mass is 9.79. The second kappa shape index (κ2) is 4.06. The first-order valence-corrected chi connectivity index (χ1v) is 4.28. The Bertz CT molecular complexity index is 317. The minimum atomic E-state index is -1.85. The summed E-state index contributed by atoms with van der Waals surface area (Å²) in [7, 11) is -1.85. The fourth-order valence-corrected chi connectivity index (χ4v) is 1.30. The fraction of sp³-hybridized carbons (Fsp3) is 0.333. The molecule has 0 radical (unpaired) electrons. The summed E-state index contributed by atoms with van der Waals surface area (Å²) < 4.78 is 26.5. The highest BCUT2D eigenvalue weighted by Gasteiger charge is 2.19. The number of hydrogen-bond donors (Lipinski definition) is 2. The van der Waals surface area contributed by atoms with Crippen molar-refractivity contribution in [3.63, 3.8) is 0 Å². The Balaban J connectivity index is 3.25. The molecule has 1 aromatic rings. The maximum Gasteiger partial charge on any atom is 0.488 e. The summed E-state index contributed by atoms with van der Waals surface area (Å²) in [4.78, 5) is 0. The summed E-state index contributed by atoms with van der Waals surface area (Å²) in [6, 6.07) is 1.87. The summed E-state index contributed by atoms with van der Waals surface area (Å²) in [5.41, 5.74) is -0.209. The van der Waals surface area contributed by atoms with Crippen molar-refractivity contribution in [3.05, 3.63) is 29.3 Å². The third-order valence-corrected chi connectivity index (χ3v) is 1.98. The maximum atomic E-state index is 13.3. The van der Waals surface area contributed by atoms with Gasteiger partial charge in [-0.25, -0.2) is 8.78 Å². The van der Waals surface area contributed by atoms with E-state index < -0.39 is 18.8 Å². The van der Waals surface area contributed by atoms with Crippen molar-refractivity contribution in [1.82, 2.24) is 0 Å². The smallest absolute Gasteiger partial charge is 0.423 e. The predicted molar refractivity (Wildman–Crippen MR) is 50.3 cm³/mol. The van der Waals surface area contributed by atoms with Gasteiger partial charge in [-0.1, -0.05) is 13.8 Å². The molecule has 0 spiro atoms. The van der Waals surface area contributed by atoms with E-state index in [0.717, 1.165) is 12.1 Å². The minimum absolute atomic E-state index is 0.0330. The van der Waals surface area contributed by atoms with Gasteiger partial charge in [0.25, 0.3) is 0 Å². The molecular formula is C9H11BF2O2. The van der Waals surface area contributed by atoms with Crippen molar-refractivity contribution in [2.45, 2.75) is 19.8 Å². The van der Waals surface area contributed by atoms with Gasteiger partial charge < -0.3 is 10.0 Å². The summed E-state index contributed by atoms with van der Waals surface area (Å²) >= 11 is 0. The van der Waals surface area contributed by atoms with E-state index in [1.807, 2.05) is 0 Å². The second-order valence-corrected chi connectivity index (χ2v) is 3.43. The van der Waals surface area contributed by atoms with Gasteiger partial charge in [0.05, 0.1) is 0 Å². The maximum absolute atomic E-state index is 13.3. The molecule has 0 aliphatic heterocycles. The van der Waals surface area contributed by atoms with Crippen LogP contribution in [0, 0.1) is 11.6 Å². The average molecular weight is 200 g/mol. The Morgan fingerprint density at radius 3 is 1.86 bits per heavy atom. The summed E-state index contributed by atoms with van der Waals surface area (Å²) in [6.45, 7) is 3.33. The van der Waals surface area contributed by atoms with Crippen molar-refractivity contribution < 1.29 is 18.8 Å². The topological polar surface area (TPSA) is 40.5 Å². The van der Waals surface area contributed by atoms with Gasteiger partial charge in [-0.05, 0) is 23.5 Å². The lowest BCUT2D eigenvalue weighted by molar-refractivity contribution is 0.424. The van der Waals surface area contributed by atoms with E-state index >= 15 is 0 Å². The molecule has 0 amide bonds. The molecule has 14 heavy (non-hydrogen) atoms. The van der Waals surface area contributed by atoms with Gasteiger partial charge in [-0.15, -0.1) is 0 Å². The van der Waals surface area contributed by atoms with Crippen LogP contribution in [0.5, 0.6) is 0 Å². The van der Waals surface area contributed by atoms with Crippen molar-refractivity contribution in [2.75, 3.05) is 0 Å². The third-order valence-electron chi connectivity index (χ3n) is 1.98. The quantitative estimate of drug-likeness (QED) is 0.692. The first kappa shape index (κ1) is 11.1. The van der Waals surface area contributed by atoms with Gasteiger partial charge >= 0.3 is 7.12 Å². The molecule has 0 aliphatic carbocycles. The van der Waals surface area contributed by atoms with Crippen molar-refractivity contribution in [2.24, 2.45) is 0 Å². The van der Waals surface area contributed by atoms with Crippen LogP contribution in [0.15, 0.2) is 12.1 Å². The highest BCUT2D eigenvalue weighted by Crippen LogP contribution is 2.20. The average Bonchev–Trinajstić information content (AvgIpc) is 2.01. The Morgan fingerprint density at radius 2 is 1.57 bits per heavy atom. The van der Waals surface area contributed by atoms with Gasteiger partial charge in [0, 0.05) is 5.56 Å². The molecule has 1 aromatic carbocycles. The number of hydrogen-bond acceptors (Lipinski definition) is 2. The molecule has 0 atom stereocenters. The zero-order valence-corrected chi connectivity index (χ0v) is 7.96. The Morgan fingerprint density at radius 1 is 1.14 bits per heavy atom. The van der Waals surface area contributed by atoms with E-state index in [9.17, 15) is 8.78 Å². The molecule has 0 saturated carbocycles. The van der Waals surface area contributed by atoms with Crippen LogP contribution in [0.1, 0.15) is 25.3 Å². The first-order chi connectivity index (χ1) is 6.43. The van der Waals surface area contributed by atoms with Crippen LogP contribution in [-0.2, 0) is 0 Å². The monoisotopic (exact) mass is 200 g/mol. The normalized spacial score (nSPS) is 10.8. The minimum Gasteiger partial charge on any atom is -0.423 e. The van der Waals surface area contributed by atoms with Gasteiger partial charge in [0.1, 0.15) is 11.6 Å². The Labute approximate surface area is 81.3 Å². The van der Waals surface area contributed by atoms with E-state index in [4.69, 9.17) is 10.0 Å². The van der Waals surface area contributed by atoms with Crippen LogP contribution in [0.3, 0.4) is 0 Å². The molecule has 0 heterocycles. The van der Waals surface area contributed by atoms with Gasteiger partial charge in [-0.2, -0.15) is 0 Å². The zero-order chi connectivity index (χ0) is 10.9. The predicted octanol–water partition coefficient (Wildman–Crippen LogP) is 0.768. The van der Waals surface area contributed by atoms with Gasteiger partial charge in [0.15, 0.2) is 0 Å². The first-order valence-electron chi connectivity index (χ1n) is 4.28. The molecule has 0 saturated heterocycles. The largest absolute Gasteiger partial charge is 0.488 e. The molecule has 2 N–H and O–H groups in total. The molecule has 5 heteroatoms. The van der Waals surface area contributed by atoms with Crippen molar-refractivity contribution in [1.29, 1.82) is 0 Å². The van der Waals surface area contributed by atoms with Crippen LogP contribution in [0.25, 0.3) is 0 Å². The summed E-state index contributed by atoms with van der Waals surface area (Å²) in [5, 5.41) is 17.4. The highest BCUT2D eigenvalue weighted by atomic mass is 19.1. The molecule has 0 fully saturated rings. The molecule has 2 nitrogen and oxygen atoms in total. The van der Waals surface area contributed by atoms with E-state index in [0.29, 0.717) is 0 Å². The number of benzene rings is 1. The van der Waals surface area contributed by atoms with E-state index in [2.05, 4.69) is 0 Å². The van der Waals surface area contributed by atoms with E-state index in [1.165, 1.54) is 0 Å². The van der Waals surface area contributed by atoms with E-state index in [-0.39, 0.29) is 16.9 Å². The lowest BCUT2D eigenvalue weighted by Gasteiger charge is -2.10. The second-order valence-electron chi connectivity index (χ2n) is 3.43. The van der Waals surface area contributed by atoms with Crippen molar-refractivity contribution >= 4 is 12.6 Å². The molecular weight excluding hydrogens is 189 g/mol. The third kappa shape index (κ3) is 2.11. The van der Waals surface area contributed by atoms with Gasteiger partial charge in [-0.3, -0.25) is 0 Å². The standard InChI is InChI=1S/C9H11BF2O2/c1-5(2)9-7(11)3-6(10(13)14)4-8(9)12/h3-5,13-14H,1-2H3. The van der Waals surface area contributed by atoms with Gasteiger partial charge in [0.2, 0.25) is 0 Å². The number of halogens is 2. The van der Waals surface area contributed by atoms with Crippen molar-refractivity contribution in [3.8, 4) is 0 Å². The SMILES string of the molecule is CC(C)c1c(F)cc(B(O)O)cc1F. The molecule has 1 rings (SSSR count). The molecule has 0 aromatic heterocycles. The van der Waals surface area contributed by atoms with Crippen LogP contribution in [0.2, 0.25) is 0 Å². The van der Waals surface area contributed by atoms with E-state index in [1.54, 1.807) is 13.8 Å². The molecule has 0 bridgehead atoms. The molecule has 0 aliphatic rings. The molecule has 0 unspecified atom stereocenters. The van der Waals surface area contributed by atoms with Crippen LogP contribution in [0.4, 0.5) is 8.78 Å². The molecule has 76 valence electrons. The summed E-state index contributed by atoms with van der Waals surface area (Å²) in [5.74, 6) is -1.77. The zero-order valence-electron chi connectivity index (χ0n) is 7.96. The van der Waals surface area contributed by atoms with Crippen LogP contribution in [-0.4, -0.2) is 17.2 Å². The summed E-state index contributed by atoms with van der Waals surface area (Å²) in [6.07, 6.45) is 0. The number of rotatable bonds is 2. The van der Waals surface area contributed by atoms with Crippen LogP contribution < -0.4 is 5.46 Å². The van der Waals surface area contributed by atoms with Crippen LogP contribution >= 0.6 is 0 Å². The lowest BCUT2D eigenvalue weighted by Crippen LogP contribution is -2.31. The highest BCUT2D eigenvalue weighted by molar-refractivity contribution is 6.58. The Hall–Kier alpha value is -0.935. The fourth-order valence-electron chi connectivity index (χ4n) is 1.30.